The van der Waals surface area contributed by atoms with Gasteiger partial charge in [-0.2, -0.15) is 0 Å². The maximum absolute atomic E-state index is 5.28. The van der Waals surface area contributed by atoms with Crippen LogP contribution in [0.5, 0.6) is 0 Å². The minimum absolute atomic E-state index is 0.375. The van der Waals surface area contributed by atoms with Crippen molar-refractivity contribution in [1.29, 1.82) is 0 Å². The Bertz CT molecular complexity index is 208. The number of hydrogen-bond acceptors (Lipinski definition) is 2. The molecule has 0 unspecified atom stereocenters. The number of aromatic nitrogens is 2. The van der Waals surface area contributed by atoms with Crippen LogP contribution in [0.4, 0.5) is 0 Å². The van der Waals surface area contributed by atoms with E-state index in [0.29, 0.717) is 5.92 Å². The standard InChI is InChI=1S/C7H13N2O/c1-5(2)7-8-6(3)9(4)10-7/h5H,1-4H3/q+1. The first-order valence-corrected chi connectivity index (χ1v) is 3.45. The van der Waals surface area contributed by atoms with Gasteiger partial charge in [-0.15, -0.1) is 0 Å². The van der Waals surface area contributed by atoms with Gasteiger partial charge in [0, 0.05) is 6.92 Å². The Morgan fingerprint density at radius 1 is 1.50 bits per heavy atom. The monoisotopic (exact) mass is 141 g/mol. The van der Waals surface area contributed by atoms with Crippen LogP contribution in [0.1, 0.15) is 31.5 Å². The molecule has 0 bridgehead atoms. The molecule has 0 atom stereocenters. The summed E-state index contributed by atoms with van der Waals surface area (Å²) in [5.74, 6) is 2.10. The predicted molar refractivity (Wildman–Crippen MR) is 36.5 cm³/mol. The molecule has 0 aliphatic heterocycles. The zero-order valence-electron chi connectivity index (χ0n) is 6.88. The summed E-state index contributed by atoms with van der Waals surface area (Å²) >= 11 is 0. The van der Waals surface area contributed by atoms with E-state index < -0.39 is 0 Å². The fourth-order valence-electron chi connectivity index (χ4n) is 0.691. The fraction of sp³-hybridized carbons (Fsp3) is 0.714. The Kier molecular flexibility index (Phi) is 1.74. The fourth-order valence-corrected chi connectivity index (χ4v) is 0.691. The third-order valence-electron chi connectivity index (χ3n) is 1.45. The molecule has 1 aromatic rings. The smallest absolute Gasteiger partial charge is 0.258 e. The van der Waals surface area contributed by atoms with Gasteiger partial charge in [0.2, 0.25) is 0 Å². The number of nitrogens with zero attached hydrogens (tertiary/aromatic N) is 2. The van der Waals surface area contributed by atoms with Gasteiger partial charge in [-0.05, 0) is 4.98 Å². The van der Waals surface area contributed by atoms with Crippen molar-refractivity contribution in [1.82, 2.24) is 4.98 Å². The topological polar surface area (TPSA) is 29.9 Å². The van der Waals surface area contributed by atoms with E-state index in [0.717, 1.165) is 11.7 Å². The molecule has 0 radical (unpaired) electrons. The van der Waals surface area contributed by atoms with Crippen LogP contribution in [0.15, 0.2) is 4.52 Å². The highest BCUT2D eigenvalue weighted by atomic mass is 16.5. The minimum atomic E-state index is 0.375. The Morgan fingerprint density at radius 3 is 2.30 bits per heavy atom. The lowest BCUT2D eigenvalue weighted by atomic mass is 10.2. The molecule has 10 heavy (non-hydrogen) atoms. The van der Waals surface area contributed by atoms with Crippen LogP contribution in [0.3, 0.4) is 0 Å². The number of rotatable bonds is 1. The summed E-state index contributed by atoms with van der Waals surface area (Å²) in [5, 5.41) is 0. The normalized spacial score (nSPS) is 10.9. The van der Waals surface area contributed by atoms with Gasteiger partial charge in [0.1, 0.15) is 7.05 Å². The van der Waals surface area contributed by atoms with Crippen molar-refractivity contribution in [2.24, 2.45) is 7.05 Å². The van der Waals surface area contributed by atoms with Gasteiger partial charge in [-0.1, -0.05) is 18.6 Å². The zero-order valence-corrected chi connectivity index (χ0v) is 6.88. The average molecular weight is 141 g/mol. The third-order valence-corrected chi connectivity index (χ3v) is 1.45. The second-order valence-corrected chi connectivity index (χ2v) is 2.74. The van der Waals surface area contributed by atoms with Gasteiger partial charge in [-0.25, -0.2) is 0 Å². The van der Waals surface area contributed by atoms with Crippen LogP contribution in [-0.4, -0.2) is 4.98 Å². The first-order valence-electron chi connectivity index (χ1n) is 3.45. The summed E-state index contributed by atoms with van der Waals surface area (Å²) in [7, 11) is 1.86. The van der Waals surface area contributed by atoms with Crippen LogP contribution in [0, 0.1) is 6.92 Å². The summed E-state index contributed by atoms with van der Waals surface area (Å²) in [5.41, 5.74) is 0. The van der Waals surface area contributed by atoms with Gasteiger partial charge < -0.3 is 0 Å². The maximum Gasteiger partial charge on any atom is 0.355 e. The lowest BCUT2D eigenvalue weighted by molar-refractivity contribution is -0.851. The van der Waals surface area contributed by atoms with Gasteiger partial charge in [0.25, 0.3) is 0 Å². The molecule has 1 rings (SSSR count). The minimum Gasteiger partial charge on any atom is -0.258 e. The Morgan fingerprint density at radius 2 is 2.10 bits per heavy atom. The van der Waals surface area contributed by atoms with E-state index in [2.05, 4.69) is 18.8 Å². The molecule has 3 heteroatoms. The highest BCUT2D eigenvalue weighted by molar-refractivity contribution is 4.84. The predicted octanol–water partition coefficient (Wildman–Crippen LogP) is 0.931. The second kappa shape index (κ2) is 2.40. The van der Waals surface area contributed by atoms with E-state index in [1.807, 2.05) is 14.0 Å². The van der Waals surface area contributed by atoms with Crippen molar-refractivity contribution in [2.45, 2.75) is 26.7 Å². The molecule has 0 N–H and O–H groups in total. The Labute approximate surface area is 60.7 Å². The third kappa shape index (κ3) is 1.17. The molecule has 0 aliphatic rings. The molecule has 0 aliphatic carbocycles. The van der Waals surface area contributed by atoms with E-state index in [1.54, 1.807) is 4.74 Å². The number of hydrogen-bond donors (Lipinski definition) is 0. The molecule has 56 valence electrons. The van der Waals surface area contributed by atoms with Crippen molar-refractivity contribution in [2.75, 3.05) is 0 Å². The molecule has 0 fully saturated rings. The first kappa shape index (κ1) is 7.25. The summed E-state index contributed by atoms with van der Waals surface area (Å²) in [6.45, 7) is 6.05. The van der Waals surface area contributed by atoms with Crippen molar-refractivity contribution in [3.63, 3.8) is 0 Å². The zero-order chi connectivity index (χ0) is 7.72. The van der Waals surface area contributed by atoms with Gasteiger partial charge in [0.05, 0.1) is 5.92 Å². The van der Waals surface area contributed by atoms with E-state index in [4.69, 9.17) is 4.52 Å². The molecular weight excluding hydrogens is 128 g/mol. The molecule has 3 nitrogen and oxygen atoms in total. The SMILES string of the molecule is Cc1nc(C(C)C)o[n+]1C. The Balaban J connectivity index is 2.98. The van der Waals surface area contributed by atoms with Crippen LogP contribution in [0.25, 0.3) is 0 Å². The molecule has 1 aromatic heterocycles. The highest BCUT2D eigenvalue weighted by Gasteiger charge is 2.17. The summed E-state index contributed by atoms with van der Waals surface area (Å²) in [6, 6.07) is 0. The summed E-state index contributed by atoms with van der Waals surface area (Å²) in [6.07, 6.45) is 0. The van der Waals surface area contributed by atoms with Crippen LogP contribution >= 0.6 is 0 Å². The van der Waals surface area contributed by atoms with E-state index in [-0.39, 0.29) is 0 Å². The van der Waals surface area contributed by atoms with E-state index in [9.17, 15) is 0 Å². The molecular formula is C7H13N2O+. The quantitative estimate of drug-likeness (QED) is 0.544. The lowest BCUT2D eigenvalue weighted by Crippen LogP contribution is -2.28. The van der Waals surface area contributed by atoms with Gasteiger partial charge in [-0.3, -0.25) is 4.52 Å². The molecule has 0 amide bonds. The molecule has 1 heterocycles. The van der Waals surface area contributed by atoms with Gasteiger partial charge >= 0.3 is 11.7 Å². The molecule has 0 saturated heterocycles. The summed E-state index contributed by atoms with van der Waals surface area (Å²) in [4.78, 5) is 4.21. The van der Waals surface area contributed by atoms with E-state index in [1.165, 1.54) is 0 Å². The van der Waals surface area contributed by atoms with Crippen LogP contribution in [-0.2, 0) is 7.05 Å². The van der Waals surface area contributed by atoms with Crippen molar-refractivity contribution < 1.29 is 9.26 Å². The van der Waals surface area contributed by atoms with Crippen molar-refractivity contribution in [3.05, 3.63) is 11.7 Å². The Hall–Kier alpha value is -0.860. The van der Waals surface area contributed by atoms with Crippen molar-refractivity contribution in [3.8, 4) is 0 Å². The highest BCUT2D eigenvalue weighted by Crippen LogP contribution is 2.08. The van der Waals surface area contributed by atoms with Crippen LogP contribution in [0.2, 0.25) is 0 Å². The lowest BCUT2D eigenvalue weighted by Gasteiger charge is -1.86. The van der Waals surface area contributed by atoms with Gasteiger partial charge in [0.15, 0.2) is 0 Å². The van der Waals surface area contributed by atoms with Crippen molar-refractivity contribution >= 4 is 0 Å². The molecule has 0 spiro atoms. The second-order valence-electron chi connectivity index (χ2n) is 2.74. The average Bonchev–Trinajstić information content (AvgIpc) is 2.13. The molecule has 0 saturated carbocycles. The summed E-state index contributed by atoms with van der Waals surface area (Å²) < 4.78 is 6.96. The first-order chi connectivity index (χ1) is 4.61. The number of aryl methyl sites for hydroxylation is 2. The van der Waals surface area contributed by atoms with Crippen LogP contribution < -0.4 is 4.74 Å². The largest absolute Gasteiger partial charge is 0.355 e. The molecule has 0 aromatic carbocycles. The van der Waals surface area contributed by atoms with E-state index >= 15 is 0 Å². The maximum atomic E-state index is 5.28.